The van der Waals surface area contributed by atoms with E-state index in [0.717, 1.165) is 17.5 Å². The first-order valence-corrected chi connectivity index (χ1v) is 8.23. The van der Waals surface area contributed by atoms with Gasteiger partial charge in [-0.2, -0.15) is 5.10 Å². The zero-order chi connectivity index (χ0) is 17.9. The molecule has 0 unspecified atom stereocenters. The molecule has 1 N–H and O–H groups in total. The molecule has 0 fully saturated rings. The van der Waals surface area contributed by atoms with Crippen LogP contribution in [0.1, 0.15) is 49.3 Å². The number of amides is 2. The van der Waals surface area contributed by atoms with E-state index in [1.54, 1.807) is 24.2 Å². The number of hydrogen-bond donors (Lipinski definition) is 1. The van der Waals surface area contributed by atoms with E-state index < -0.39 is 0 Å². The second-order valence-electron chi connectivity index (χ2n) is 6.13. The summed E-state index contributed by atoms with van der Waals surface area (Å²) in [4.78, 5) is 30.8. The molecule has 24 heavy (non-hydrogen) atoms. The summed E-state index contributed by atoms with van der Waals surface area (Å²) in [5.41, 5.74) is 2.00. The second-order valence-corrected chi connectivity index (χ2v) is 6.13. The van der Waals surface area contributed by atoms with Gasteiger partial charge in [-0.25, -0.2) is 9.67 Å². The molecular weight excluding hydrogens is 306 g/mol. The maximum absolute atomic E-state index is 13.0. The summed E-state index contributed by atoms with van der Waals surface area (Å²) in [5.74, 6) is -0.351. The van der Waals surface area contributed by atoms with Crippen molar-refractivity contribution in [2.45, 2.75) is 40.2 Å². The first kappa shape index (κ1) is 17.9. The smallest absolute Gasteiger partial charge is 0.255 e. The van der Waals surface area contributed by atoms with Crippen molar-refractivity contribution in [3.8, 4) is 0 Å². The highest BCUT2D eigenvalue weighted by Crippen LogP contribution is 2.22. The lowest BCUT2D eigenvalue weighted by Gasteiger charge is -2.21. The molecule has 2 rings (SSSR count). The Morgan fingerprint density at radius 2 is 2.08 bits per heavy atom. The summed E-state index contributed by atoms with van der Waals surface area (Å²) in [7, 11) is 1.57. The molecule has 2 amide bonds. The molecule has 0 saturated heterocycles. The molecule has 7 heteroatoms. The fraction of sp³-hybridized carbons (Fsp3) is 0.529. The van der Waals surface area contributed by atoms with Gasteiger partial charge >= 0.3 is 0 Å². The Bertz CT molecular complexity index is 751. The van der Waals surface area contributed by atoms with E-state index in [1.165, 1.54) is 0 Å². The van der Waals surface area contributed by atoms with Crippen LogP contribution in [0.4, 0.5) is 0 Å². The van der Waals surface area contributed by atoms with E-state index in [9.17, 15) is 9.59 Å². The van der Waals surface area contributed by atoms with Gasteiger partial charge in [0.2, 0.25) is 5.91 Å². The van der Waals surface area contributed by atoms with Crippen LogP contribution in [0.2, 0.25) is 0 Å². The number of fused-ring (bicyclic) bond motifs is 1. The number of carbonyl (C=O) groups excluding carboxylic acids is 2. The van der Waals surface area contributed by atoms with E-state index in [0.29, 0.717) is 17.8 Å². The topological polar surface area (TPSA) is 80.1 Å². The number of pyridine rings is 1. The summed E-state index contributed by atoms with van der Waals surface area (Å²) in [6, 6.07) is 1.92. The van der Waals surface area contributed by atoms with Crippen LogP contribution in [0.3, 0.4) is 0 Å². The first-order chi connectivity index (χ1) is 11.4. The van der Waals surface area contributed by atoms with Crippen LogP contribution in [0.5, 0.6) is 0 Å². The number of aromatic nitrogens is 3. The third-order valence-electron chi connectivity index (χ3n) is 3.81. The quantitative estimate of drug-likeness (QED) is 0.877. The van der Waals surface area contributed by atoms with Gasteiger partial charge in [-0.05, 0) is 33.3 Å². The predicted molar refractivity (Wildman–Crippen MR) is 92.9 cm³/mol. The molecule has 0 spiro atoms. The lowest BCUT2D eigenvalue weighted by molar-refractivity contribution is -0.121. The highest BCUT2D eigenvalue weighted by atomic mass is 16.2. The van der Waals surface area contributed by atoms with Crippen LogP contribution in [-0.4, -0.2) is 51.6 Å². The number of nitrogens with one attached hydrogen (secondary N) is 1. The van der Waals surface area contributed by atoms with Gasteiger partial charge in [0, 0.05) is 25.3 Å². The van der Waals surface area contributed by atoms with Gasteiger partial charge in [-0.1, -0.05) is 6.92 Å². The maximum atomic E-state index is 13.0. The molecule has 2 aromatic heterocycles. The Labute approximate surface area is 142 Å². The highest BCUT2D eigenvalue weighted by molar-refractivity contribution is 6.06. The Hall–Kier alpha value is -2.44. The Balaban J connectivity index is 2.49. The molecule has 2 heterocycles. The highest BCUT2D eigenvalue weighted by Gasteiger charge is 2.22. The predicted octanol–water partition coefficient (Wildman–Crippen LogP) is 1.92. The van der Waals surface area contributed by atoms with Crippen LogP contribution >= 0.6 is 0 Å². The standard InChI is InChI=1S/C17H25N5O2/c1-6-7-21(10-15(23)18-5)17(24)13-8-12(4)20-16-14(13)9-19-22(16)11(2)3/h8-9,11H,6-7,10H2,1-5H3,(H,18,23). The molecule has 0 aliphatic carbocycles. The number of aryl methyl sites for hydroxylation is 1. The molecule has 130 valence electrons. The van der Waals surface area contributed by atoms with Gasteiger partial charge in [0.25, 0.3) is 5.91 Å². The average molecular weight is 331 g/mol. The van der Waals surface area contributed by atoms with Gasteiger partial charge < -0.3 is 10.2 Å². The second kappa shape index (κ2) is 7.42. The largest absolute Gasteiger partial charge is 0.358 e. The van der Waals surface area contributed by atoms with Crippen molar-refractivity contribution in [1.82, 2.24) is 25.0 Å². The number of hydrogen-bond acceptors (Lipinski definition) is 4. The van der Waals surface area contributed by atoms with Gasteiger partial charge in [-0.3, -0.25) is 9.59 Å². The summed E-state index contributed by atoms with van der Waals surface area (Å²) in [5, 5.41) is 7.65. The van der Waals surface area contributed by atoms with E-state index in [-0.39, 0.29) is 24.4 Å². The van der Waals surface area contributed by atoms with Crippen LogP contribution in [0.15, 0.2) is 12.3 Å². The average Bonchev–Trinajstić information content (AvgIpc) is 2.96. The molecule has 2 aromatic rings. The van der Waals surface area contributed by atoms with Gasteiger partial charge in [-0.15, -0.1) is 0 Å². The minimum absolute atomic E-state index is 0.0460. The van der Waals surface area contributed by atoms with Crippen LogP contribution in [0, 0.1) is 6.92 Å². The van der Waals surface area contributed by atoms with Crippen LogP contribution < -0.4 is 5.32 Å². The van der Waals surface area contributed by atoms with Crippen molar-refractivity contribution in [3.63, 3.8) is 0 Å². The molecule has 0 aliphatic heterocycles. The summed E-state index contributed by atoms with van der Waals surface area (Å²) >= 11 is 0. The number of rotatable bonds is 6. The van der Waals surface area contributed by atoms with Gasteiger partial charge in [0.15, 0.2) is 5.65 Å². The molecule has 0 radical (unpaired) electrons. The maximum Gasteiger partial charge on any atom is 0.255 e. The Morgan fingerprint density at radius 3 is 2.67 bits per heavy atom. The first-order valence-electron chi connectivity index (χ1n) is 8.23. The van der Waals surface area contributed by atoms with Crippen molar-refractivity contribution >= 4 is 22.8 Å². The fourth-order valence-corrected chi connectivity index (χ4v) is 2.64. The number of likely N-dealkylation sites (N-methyl/N-ethyl adjacent to an activating group) is 1. The lowest BCUT2D eigenvalue weighted by Crippen LogP contribution is -2.40. The van der Waals surface area contributed by atoms with Crippen molar-refractivity contribution in [2.24, 2.45) is 0 Å². The van der Waals surface area contributed by atoms with Gasteiger partial charge in [0.05, 0.1) is 23.7 Å². The molecule has 0 aromatic carbocycles. The van der Waals surface area contributed by atoms with Crippen molar-refractivity contribution < 1.29 is 9.59 Å². The minimum atomic E-state index is -0.184. The number of nitrogens with zero attached hydrogens (tertiary/aromatic N) is 4. The zero-order valence-corrected chi connectivity index (χ0v) is 15.0. The van der Waals surface area contributed by atoms with Crippen LogP contribution in [0.25, 0.3) is 11.0 Å². The SMILES string of the molecule is CCCN(CC(=O)NC)C(=O)c1cc(C)nc2c1cnn2C(C)C. The molecule has 0 aliphatic rings. The monoisotopic (exact) mass is 331 g/mol. The van der Waals surface area contributed by atoms with E-state index in [1.807, 2.05) is 32.4 Å². The Morgan fingerprint density at radius 1 is 1.38 bits per heavy atom. The minimum Gasteiger partial charge on any atom is -0.358 e. The molecule has 0 saturated carbocycles. The van der Waals surface area contributed by atoms with E-state index in [2.05, 4.69) is 15.4 Å². The fourth-order valence-electron chi connectivity index (χ4n) is 2.64. The van der Waals surface area contributed by atoms with Crippen LogP contribution in [-0.2, 0) is 4.79 Å². The van der Waals surface area contributed by atoms with E-state index >= 15 is 0 Å². The Kier molecular flexibility index (Phi) is 5.54. The molecule has 0 atom stereocenters. The van der Waals surface area contributed by atoms with Crippen molar-refractivity contribution in [1.29, 1.82) is 0 Å². The van der Waals surface area contributed by atoms with Gasteiger partial charge in [0.1, 0.15) is 0 Å². The number of carbonyl (C=O) groups is 2. The van der Waals surface area contributed by atoms with Crippen molar-refractivity contribution in [3.05, 3.63) is 23.5 Å². The normalized spacial score (nSPS) is 11.1. The third-order valence-corrected chi connectivity index (χ3v) is 3.81. The van der Waals surface area contributed by atoms with E-state index in [4.69, 9.17) is 0 Å². The zero-order valence-electron chi connectivity index (χ0n) is 15.0. The summed E-state index contributed by atoms with van der Waals surface area (Å²) < 4.78 is 1.81. The molecule has 7 nitrogen and oxygen atoms in total. The lowest BCUT2D eigenvalue weighted by atomic mass is 10.1. The summed E-state index contributed by atoms with van der Waals surface area (Å²) in [6.45, 7) is 8.45. The van der Waals surface area contributed by atoms with Crippen molar-refractivity contribution in [2.75, 3.05) is 20.1 Å². The molecular formula is C17H25N5O2. The summed E-state index contributed by atoms with van der Waals surface area (Å²) in [6.07, 6.45) is 2.46. The molecule has 0 bridgehead atoms. The third kappa shape index (κ3) is 3.55.